The normalized spacial score (nSPS) is 12.6. The second-order valence-corrected chi connectivity index (χ2v) is 8.71. The third-order valence-electron chi connectivity index (χ3n) is 4.01. The molecule has 33 heavy (non-hydrogen) atoms. The highest BCUT2D eigenvalue weighted by molar-refractivity contribution is 5.80. The van der Waals surface area contributed by atoms with Crippen LogP contribution < -0.4 is 20.5 Å². The molecule has 0 radical (unpaired) electrons. The number of nitrogens with one attached hydrogen (secondary N) is 1. The van der Waals surface area contributed by atoms with E-state index in [4.69, 9.17) is 30.2 Å². The number of rotatable bonds is 10. The summed E-state index contributed by atoms with van der Waals surface area (Å²) in [5, 5.41) is 19.9. The summed E-state index contributed by atoms with van der Waals surface area (Å²) in [6.45, 7) is 11.3. The monoisotopic (exact) mass is 470 g/mol. The van der Waals surface area contributed by atoms with Gasteiger partial charge in [-0.1, -0.05) is 19.9 Å². The molecule has 2 atom stereocenters. The first kappa shape index (κ1) is 30.0. The number of benzene rings is 1. The zero-order chi connectivity index (χ0) is 25.8. The maximum atomic E-state index is 11.4. The van der Waals surface area contributed by atoms with Gasteiger partial charge in [0.15, 0.2) is 11.5 Å². The number of aliphatic carboxylic acids is 2. The Hall–Kier alpha value is -3.01. The van der Waals surface area contributed by atoms with Gasteiger partial charge in [0.25, 0.3) is 0 Å². The molecule has 0 fully saturated rings. The van der Waals surface area contributed by atoms with Gasteiger partial charge in [0.1, 0.15) is 11.6 Å². The maximum absolute atomic E-state index is 11.4. The van der Waals surface area contributed by atoms with Gasteiger partial charge in [0, 0.05) is 6.04 Å². The number of nitrogens with two attached hydrogens (primary N) is 1. The number of hydrogen-bond acceptors (Lipinski definition) is 7. The van der Waals surface area contributed by atoms with Crippen molar-refractivity contribution >= 4 is 18.0 Å². The highest BCUT2D eigenvalue weighted by Gasteiger charge is 2.24. The number of methoxy groups -OCH3 is 1. The Labute approximate surface area is 195 Å². The first-order valence-electron chi connectivity index (χ1n) is 10.7. The van der Waals surface area contributed by atoms with Gasteiger partial charge in [-0.15, -0.1) is 0 Å². The summed E-state index contributed by atoms with van der Waals surface area (Å²) < 4.78 is 15.5. The lowest BCUT2D eigenvalue weighted by atomic mass is 10.0. The first-order valence-corrected chi connectivity index (χ1v) is 10.7. The number of alkyl carbamates (subject to hydrolysis) is 1. The molecule has 1 aromatic carbocycles. The van der Waals surface area contributed by atoms with Crippen LogP contribution in [0.3, 0.4) is 0 Å². The smallest absolute Gasteiger partial charge is 0.408 e. The van der Waals surface area contributed by atoms with Gasteiger partial charge in [-0.05, 0) is 57.7 Å². The van der Waals surface area contributed by atoms with E-state index in [-0.39, 0.29) is 12.3 Å². The molecule has 0 aliphatic carbocycles. The van der Waals surface area contributed by atoms with Crippen LogP contribution in [0.1, 0.15) is 66.0 Å². The van der Waals surface area contributed by atoms with E-state index in [1.165, 1.54) is 0 Å². The summed E-state index contributed by atoms with van der Waals surface area (Å²) >= 11 is 0. The van der Waals surface area contributed by atoms with Crippen molar-refractivity contribution in [3.8, 4) is 11.5 Å². The van der Waals surface area contributed by atoms with Gasteiger partial charge in [0.05, 0.1) is 20.1 Å². The molecule has 1 amide bonds. The fourth-order valence-corrected chi connectivity index (χ4v) is 2.64. The van der Waals surface area contributed by atoms with Crippen LogP contribution in [-0.4, -0.2) is 53.6 Å². The molecule has 188 valence electrons. The van der Waals surface area contributed by atoms with E-state index in [1.54, 1.807) is 46.1 Å². The Kier molecular flexibility index (Phi) is 12.9. The molecule has 5 N–H and O–H groups in total. The lowest BCUT2D eigenvalue weighted by Gasteiger charge is -2.22. The van der Waals surface area contributed by atoms with Crippen LogP contribution >= 0.6 is 0 Å². The first-order chi connectivity index (χ1) is 15.2. The minimum absolute atomic E-state index is 0.113. The summed E-state index contributed by atoms with van der Waals surface area (Å²) in [6, 6.07) is 3.75. The average Bonchev–Trinajstić information content (AvgIpc) is 2.65. The van der Waals surface area contributed by atoms with Crippen molar-refractivity contribution in [2.45, 2.75) is 72.1 Å². The van der Waals surface area contributed by atoms with Crippen LogP contribution in [0.2, 0.25) is 0 Å². The fourth-order valence-electron chi connectivity index (χ4n) is 2.64. The van der Waals surface area contributed by atoms with Gasteiger partial charge in [0.2, 0.25) is 0 Å². The minimum Gasteiger partial charge on any atom is -0.493 e. The Balaban J connectivity index is 0.000000622. The van der Waals surface area contributed by atoms with Crippen molar-refractivity contribution in [3.63, 3.8) is 0 Å². The van der Waals surface area contributed by atoms with Gasteiger partial charge in [-0.25, -0.2) is 9.59 Å². The van der Waals surface area contributed by atoms with Crippen molar-refractivity contribution < 1.29 is 38.8 Å². The van der Waals surface area contributed by atoms with Crippen LogP contribution in [0.5, 0.6) is 11.5 Å². The van der Waals surface area contributed by atoms with Crippen LogP contribution in [0.4, 0.5) is 4.79 Å². The lowest BCUT2D eigenvalue weighted by Crippen LogP contribution is -2.44. The highest BCUT2D eigenvalue weighted by atomic mass is 16.6. The topological polar surface area (TPSA) is 157 Å². The molecule has 0 aromatic heterocycles. The van der Waals surface area contributed by atoms with Crippen molar-refractivity contribution in [1.29, 1.82) is 0 Å². The number of ether oxygens (including phenoxy) is 3. The molecule has 0 saturated carbocycles. The molecule has 1 aromatic rings. The van der Waals surface area contributed by atoms with Gasteiger partial charge < -0.3 is 35.5 Å². The molecule has 0 aliphatic rings. The Bertz CT molecular complexity index is 774. The minimum atomic E-state index is -1.04. The van der Waals surface area contributed by atoms with Crippen molar-refractivity contribution in [1.82, 2.24) is 5.32 Å². The highest BCUT2D eigenvalue weighted by Crippen LogP contribution is 2.30. The number of hydrogen-bond donors (Lipinski definition) is 4. The van der Waals surface area contributed by atoms with Gasteiger partial charge in [-0.3, -0.25) is 4.79 Å². The van der Waals surface area contributed by atoms with E-state index in [1.807, 2.05) is 20.8 Å². The Morgan fingerprint density at radius 2 is 1.73 bits per heavy atom. The second kappa shape index (κ2) is 14.2. The van der Waals surface area contributed by atoms with E-state index in [0.29, 0.717) is 24.5 Å². The summed E-state index contributed by atoms with van der Waals surface area (Å²) in [5.74, 6) is -0.590. The van der Waals surface area contributed by atoms with Gasteiger partial charge in [-0.2, -0.15) is 0 Å². The van der Waals surface area contributed by atoms with E-state index >= 15 is 0 Å². The molecular formula is C23H38N2O8. The van der Waals surface area contributed by atoms with Gasteiger partial charge >= 0.3 is 18.0 Å². The van der Waals surface area contributed by atoms with Crippen molar-refractivity contribution in [2.24, 2.45) is 11.7 Å². The molecule has 10 heteroatoms. The summed E-state index contributed by atoms with van der Waals surface area (Å²) in [7, 11) is 1.55. The largest absolute Gasteiger partial charge is 0.493 e. The third-order valence-corrected chi connectivity index (χ3v) is 4.01. The standard InChI is InChI=1S/C12H17NO4.C11H21NO4/c1-3-17-11-6-8(4-5-10(11)16-2)9(13)7-12(14)15;1-7(2)6-8(9(13)14)12-10(15)16-11(3,4)5/h4-6,9H,3,7,13H2,1-2H3,(H,14,15);7-8H,6H2,1-5H3,(H,12,15)(H,13,14)/t9-;8-/m10/s1. The van der Waals surface area contributed by atoms with E-state index in [2.05, 4.69) is 5.32 Å². The molecule has 1 rings (SSSR count). The van der Waals surface area contributed by atoms with E-state index in [9.17, 15) is 14.4 Å². The number of carboxylic acids is 2. The average molecular weight is 471 g/mol. The second-order valence-electron chi connectivity index (χ2n) is 8.71. The zero-order valence-corrected chi connectivity index (χ0v) is 20.5. The van der Waals surface area contributed by atoms with Crippen LogP contribution in [0.15, 0.2) is 18.2 Å². The summed E-state index contributed by atoms with van der Waals surface area (Å²) in [6.07, 6.45) is -0.424. The molecular weight excluding hydrogens is 432 g/mol. The SMILES string of the molecule is CC(C)C[C@H](NC(=O)OC(C)(C)C)C(=O)O.CCOc1cc([C@H](N)CC(=O)O)ccc1OC. The molecule has 10 nitrogen and oxygen atoms in total. The Morgan fingerprint density at radius 3 is 2.15 bits per heavy atom. The van der Waals surface area contributed by atoms with E-state index in [0.717, 1.165) is 5.56 Å². The van der Waals surface area contributed by atoms with E-state index < -0.39 is 35.7 Å². The van der Waals surface area contributed by atoms with Crippen molar-refractivity contribution in [2.75, 3.05) is 13.7 Å². The van der Waals surface area contributed by atoms with Crippen LogP contribution in [0.25, 0.3) is 0 Å². The van der Waals surface area contributed by atoms with Crippen LogP contribution in [-0.2, 0) is 14.3 Å². The van der Waals surface area contributed by atoms with Crippen molar-refractivity contribution in [3.05, 3.63) is 23.8 Å². The molecule has 0 heterocycles. The predicted molar refractivity (Wildman–Crippen MR) is 124 cm³/mol. The maximum Gasteiger partial charge on any atom is 0.408 e. The zero-order valence-electron chi connectivity index (χ0n) is 20.5. The summed E-state index contributed by atoms with van der Waals surface area (Å²) in [5.41, 5.74) is 5.87. The molecule has 0 spiro atoms. The number of amides is 1. The fraction of sp³-hybridized carbons (Fsp3) is 0.609. The number of carbonyl (C=O) groups excluding carboxylic acids is 1. The number of carbonyl (C=O) groups is 3. The quantitative estimate of drug-likeness (QED) is 0.401. The predicted octanol–water partition coefficient (Wildman–Crippen LogP) is 3.58. The van der Waals surface area contributed by atoms with Crippen LogP contribution in [0, 0.1) is 5.92 Å². The third kappa shape index (κ3) is 13.2. The molecule has 0 bridgehead atoms. The molecule has 0 aliphatic heterocycles. The summed E-state index contributed by atoms with van der Waals surface area (Å²) in [4.78, 5) is 32.8. The molecule has 0 unspecified atom stereocenters. The molecule has 0 saturated heterocycles. The number of carboxylic acid groups (broad SMARTS) is 2. The lowest BCUT2D eigenvalue weighted by molar-refractivity contribution is -0.140. The Morgan fingerprint density at radius 1 is 1.12 bits per heavy atom.